The number of benzene rings is 1. The summed E-state index contributed by atoms with van der Waals surface area (Å²) in [5.41, 5.74) is 1.51. The average Bonchev–Trinajstić information content (AvgIpc) is 2.21. The lowest BCUT2D eigenvalue weighted by Gasteiger charge is -2.15. The van der Waals surface area contributed by atoms with Gasteiger partial charge in [-0.2, -0.15) is 0 Å². The Hall–Kier alpha value is -0.770. The monoisotopic (exact) mass is 230 g/mol. The van der Waals surface area contributed by atoms with Gasteiger partial charge in [0.2, 0.25) is 0 Å². The molecule has 0 saturated carbocycles. The summed E-state index contributed by atoms with van der Waals surface area (Å²) in [6.45, 7) is 1.79. The predicted molar refractivity (Wildman–Crippen MR) is 59.4 cm³/mol. The highest BCUT2D eigenvalue weighted by Gasteiger charge is 2.14. The van der Waals surface area contributed by atoms with Gasteiger partial charge in [-0.15, -0.1) is 0 Å². The van der Waals surface area contributed by atoms with Crippen LogP contribution < -0.4 is 4.74 Å². The van der Waals surface area contributed by atoms with Gasteiger partial charge in [-0.3, -0.25) is 0 Å². The summed E-state index contributed by atoms with van der Waals surface area (Å²) in [6.07, 6.45) is -0.474. The van der Waals surface area contributed by atoms with Gasteiger partial charge in [0.05, 0.1) is 13.2 Å². The molecule has 2 N–H and O–H groups in total. The summed E-state index contributed by atoms with van der Waals surface area (Å²) in [7, 11) is 1.54. The van der Waals surface area contributed by atoms with E-state index >= 15 is 0 Å². The summed E-state index contributed by atoms with van der Waals surface area (Å²) in [5, 5.41) is 19.1. The molecule has 0 saturated heterocycles. The molecule has 1 atom stereocenters. The lowest BCUT2D eigenvalue weighted by Crippen LogP contribution is -2.03. The molecule has 0 bridgehead atoms. The van der Waals surface area contributed by atoms with Crippen LogP contribution in [-0.2, 0) is 0 Å². The Bertz CT molecular complexity index is 339. The van der Waals surface area contributed by atoms with Crippen LogP contribution in [0.25, 0.3) is 0 Å². The fourth-order valence-corrected chi connectivity index (χ4v) is 1.56. The minimum Gasteiger partial charge on any atom is -0.496 e. The molecular weight excluding hydrogens is 216 g/mol. The van der Waals surface area contributed by atoms with Gasteiger partial charge in [0.25, 0.3) is 0 Å². The van der Waals surface area contributed by atoms with Crippen LogP contribution in [0, 0.1) is 6.92 Å². The van der Waals surface area contributed by atoms with E-state index in [4.69, 9.17) is 21.4 Å². The van der Waals surface area contributed by atoms with E-state index in [0.29, 0.717) is 16.3 Å². The van der Waals surface area contributed by atoms with E-state index in [9.17, 15) is 5.11 Å². The molecule has 1 rings (SSSR count). The summed E-state index contributed by atoms with van der Waals surface area (Å²) >= 11 is 5.96. The van der Waals surface area contributed by atoms with E-state index < -0.39 is 6.10 Å². The Morgan fingerprint density at radius 3 is 2.67 bits per heavy atom. The number of ether oxygens (including phenoxy) is 1. The Balaban J connectivity index is 3.09. The van der Waals surface area contributed by atoms with Gasteiger partial charge in [-0.1, -0.05) is 11.6 Å². The van der Waals surface area contributed by atoms with Crippen LogP contribution >= 0.6 is 11.6 Å². The number of hydrogen-bond acceptors (Lipinski definition) is 3. The van der Waals surface area contributed by atoms with E-state index in [0.717, 1.165) is 5.56 Å². The number of hydrogen-bond donors (Lipinski definition) is 2. The molecule has 1 unspecified atom stereocenters. The summed E-state index contributed by atoms with van der Waals surface area (Å²) in [4.78, 5) is 0. The smallest absolute Gasteiger partial charge is 0.125 e. The normalized spacial score (nSPS) is 12.6. The standard InChI is InChI=1S/C11H15ClO3/c1-7-5-11(15-2)8(6-9(7)12)10(14)3-4-13/h5-6,10,13-14H,3-4H2,1-2H3. The molecule has 0 radical (unpaired) electrons. The summed E-state index contributed by atoms with van der Waals surface area (Å²) in [6, 6.07) is 3.45. The third-order valence-corrected chi connectivity index (χ3v) is 2.68. The van der Waals surface area contributed by atoms with E-state index in [2.05, 4.69) is 0 Å². The molecular formula is C11H15ClO3. The fourth-order valence-electron chi connectivity index (χ4n) is 1.39. The van der Waals surface area contributed by atoms with Crippen molar-refractivity contribution in [1.82, 2.24) is 0 Å². The zero-order valence-electron chi connectivity index (χ0n) is 8.83. The Morgan fingerprint density at radius 2 is 2.13 bits per heavy atom. The summed E-state index contributed by atoms with van der Waals surface area (Å²) in [5.74, 6) is 0.595. The van der Waals surface area contributed by atoms with Crippen molar-refractivity contribution in [1.29, 1.82) is 0 Å². The highest BCUT2D eigenvalue weighted by molar-refractivity contribution is 6.31. The van der Waals surface area contributed by atoms with Crippen LogP contribution in [0.5, 0.6) is 5.75 Å². The molecule has 1 aromatic rings. The number of aliphatic hydroxyl groups excluding tert-OH is 2. The zero-order chi connectivity index (χ0) is 11.4. The first-order valence-corrected chi connectivity index (χ1v) is 5.11. The molecule has 84 valence electrons. The van der Waals surface area contributed by atoms with Gasteiger partial charge in [-0.05, 0) is 24.6 Å². The average molecular weight is 231 g/mol. The minimum atomic E-state index is -0.747. The molecule has 0 aliphatic heterocycles. The van der Waals surface area contributed by atoms with Crippen molar-refractivity contribution in [2.24, 2.45) is 0 Å². The number of halogens is 1. The van der Waals surface area contributed by atoms with Crippen molar-refractivity contribution >= 4 is 11.6 Å². The topological polar surface area (TPSA) is 49.7 Å². The number of methoxy groups -OCH3 is 1. The SMILES string of the molecule is COc1cc(C)c(Cl)cc1C(O)CCO. The third kappa shape index (κ3) is 2.84. The molecule has 3 nitrogen and oxygen atoms in total. The van der Waals surface area contributed by atoms with Gasteiger partial charge >= 0.3 is 0 Å². The molecule has 0 fully saturated rings. The van der Waals surface area contributed by atoms with Gasteiger partial charge in [-0.25, -0.2) is 0 Å². The maximum atomic E-state index is 9.75. The molecule has 0 aliphatic rings. The Labute approximate surface area is 94.3 Å². The van der Waals surface area contributed by atoms with Crippen molar-refractivity contribution in [3.63, 3.8) is 0 Å². The molecule has 1 aromatic carbocycles. The van der Waals surface area contributed by atoms with E-state index in [1.54, 1.807) is 12.1 Å². The van der Waals surface area contributed by atoms with Gasteiger partial charge in [0.1, 0.15) is 5.75 Å². The summed E-state index contributed by atoms with van der Waals surface area (Å²) < 4.78 is 5.15. The van der Waals surface area contributed by atoms with Gasteiger partial charge < -0.3 is 14.9 Å². The fraction of sp³-hybridized carbons (Fsp3) is 0.455. The van der Waals surface area contributed by atoms with Crippen molar-refractivity contribution in [3.8, 4) is 5.75 Å². The van der Waals surface area contributed by atoms with Crippen LogP contribution in [0.1, 0.15) is 23.7 Å². The Kier molecular flexibility index (Phi) is 4.39. The largest absolute Gasteiger partial charge is 0.496 e. The number of aliphatic hydroxyl groups is 2. The van der Waals surface area contributed by atoms with Crippen LogP contribution in [0.2, 0.25) is 5.02 Å². The zero-order valence-corrected chi connectivity index (χ0v) is 9.58. The lowest BCUT2D eigenvalue weighted by atomic mass is 10.0. The van der Waals surface area contributed by atoms with Crippen molar-refractivity contribution in [2.75, 3.05) is 13.7 Å². The quantitative estimate of drug-likeness (QED) is 0.833. The lowest BCUT2D eigenvalue weighted by molar-refractivity contribution is 0.131. The van der Waals surface area contributed by atoms with E-state index in [1.165, 1.54) is 7.11 Å². The van der Waals surface area contributed by atoms with E-state index in [-0.39, 0.29) is 13.0 Å². The number of rotatable bonds is 4. The molecule has 0 heterocycles. The predicted octanol–water partition coefficient (Wildman–Crippen LogP) is 2.07. The number of aryl methyl sites for hydroxylation is 1. The maximum Gasteiger partial charge on any atom is 0.125 e. The molecule has 0 spiro atoms. The first-order valence-electron chi connectivity index (χ1n) is 4.73. The highest BCUT2D eigenvalue weighted by Crippen LogP contribution is 2.32. The maximum absolute atomic E-state index is 9.75. The van der Waals surface area contributed by atoms with Crippen LogP contribution in [0.3, 0.4) is 0 Å². The first kappa shape index (κ1) is 12.3. The highest BCUT2D eigenvalue weighted by atomic mass is 35.5. The molecule has 0 aromatic heterocycles. The van der Waals surface area contributed by atoms with E-state index in [1.807, 2.05) is 6.92 Å². The minimum absolute atomic E-state index is 0.0736. The second kappa shape index (κ2) is 5.35. The Morgan fingerprint density at radius 1 is 1.47 bits per heavy atom. The van der Waals surface area contributed by atoms with Crippen LogP contribution in [-0.4, -0.2) is 23.9 Å². The molecule has 0 aliphatic carbocycles. The van der Waals surface area contributed by atoms with Crippen molar-refractivity contribution in [2.45, 2.75) is 19.4 Å². The first-order chi connectivity index (χ1) is 7.10. The van der Waals surface area contributed by atoms with Crippen LogP contribution in [0.15, 0.2) is 12.1 Å². The van der Waals surface area contributed by atoms with Crippen molar-refractivity contribution < 1.29 is 14.9 Å². The van der Waals surface area contributed by atoms with Gasteiger partial charge in [0, 0.05) is 23.6 Å². The molecule has 15 heavy (non-hydrogen) atoms. The third-order valence-electron chi connectivity index (χ3n) is 2.27. The molecule has 0 amide bonds. The van der Waals surface area contributed by atoms with Crippen LogP contribution in [0.4, 0.5) is 0 Å². The second-order valence-electron chi connectivity index (χ2n) is 3.37. The molecule has 4 heteroatoms. The van der Waals surface area contributed by atoms with Gasteiger partial charge in [0.15, 0.2) is 0 Å². The van der Waals surface area contributed by atoms with Crippen molar-refractivity contribution in [3.05, 3.63) is 28.3 Å². The second-order valence-corrected chi connectivity index (χ2v) is 3.78.